The van der Waals surface area contributed by atoms with E-state index >= 15 is 0 Å². The Hall–Kier alpha value is -11.3. The highest BCUT2D eigenvalue weighted by Crippen LogP contribution is 2.66. The number of benzene rings is 5. The highest BCUT2D eigenvalue weighted by Gasteiger charge is 2.67. The molecule has 16 rings (SSSR count). The predicted octanol–water partition coefficient (Wildman–Crippen LogP) is 13.5. The lowest BCUT2D eigenvalue weighted by Gasteiger charge is -2.63. The molecule has 758 valence electrons. The zero-order valence-electron chi connectivity index (χ0n) is 82.1. The first-order valence-corrected chi connectivity index (χ1v) is 48.4. The first-order valence-electron chi connectivity index (χ1n) is 46.2. The number of aliphatic hydroxyl groups is 1. The van der Waals surface area contributed by atoms with Crippen LogP contribution in [0.4, 0.5) is 9.59 Å². The lowest BCUT2D eigenvalue weighted by atomic mass is 9.64. The second-order valence-electron chi connectivity index (χ2n) is 37.9. The van der Waals surface area contributed by atoms with Crippen LogP contribution in [0.3, 0.4) is 0 Å². The standard InChI is InChI=1S/C54H62N4O12S.C42H52N4O12S.C6H14N2.2CH4/c1-9-18-57-39-22-32-21-30(2)46(64-8)48(67-28-65-20-19-63-7)43(32)45(57)40-23-54(62)44(49-47(68-29-69-49)31(3)50(54)59)42(58(40)41(39)24-55)25-66-51(60)38(56-52(61)70-53(4,5)6)27-71-26-37-35-16-12-10-14-33(35)34-15-11-13-17-36(34)37;1-10-11-45-26-15-24-14-21(2)34(51-9)37(54-19-52-13-12-50-8)29(24)32(45)33-39-31-30(38-36(55-20-56-38)22(3)35(31)57-23(4)47)28(46(33)27(26)16-43)17-53-40(48)25(18-59-39)44-41(49)58-42(5,6)7;1-6(7(2)3)8(4)5;;/h9-17,21,37-42,45,62H,1,18-20,22-23,25-29H2,2-8H3,(H,56,61);10,14,25-28,32-33,39H,1,11-13,15,17-20H2,2-9H3,(H,44,49);1H2,2-5H3;2*1H4/t38-,39-,40?,41-,42-,45-,54?;25?,26-,27-,28-,32+,33?,39+;;;/m00.../s1. The Morgan fingerprint density at radius 3 is 1.74 bits per heavy atom. The normalized spacial score (nSPS) is 23.8. The van der Waals surface area contributed by atoms with Gasteiger partial charge in [0, 0.05) is 155 Å². The summed E-state index contributed by atoms with van der Waals surface area (Å²) in [6, 6.07) is 16.9. The molecule has 2 aliphatic carbocycles. The van der Waals surface area contributed by atoms with Crippen LogP contribution < -0.4 is 43.8 Å². The lowest BCUT2D eigenvalue weighted by Crippen LogP contribution is -2.75. The summed E-state index contributed by atoms with van der Waals surface area (Å²) >= 11 is 2.88. The Morgan fingerprint density at radius 1 is 0.679 bits per heavy atom. The number of hydrogen-bond donors (Lipinski definition) is 3. The van der Waals surface area contributed by atoms with Crippen molar-refractivity contribution < 1.29 is 114 Å². The third-order valence-electron chi connectivity index (χ3n) is 26.6. The van der Waals surface area contributed by atoms with Crippen molar-refractivity contribution in [3.63, 3.8) is 0 Å². The molecule has 9 aliphatic heterocycles. The number of alkyl carbamates (subject to hydrolysis) is 2. The van der Waals surface area contributed by atoms with E-state index in [1.54, 1.807) is 83.0 Å². The van der Waals surface area contributed by atoms with Gasteiger partial charge in [0.25, 0.3) is 0 Å². The topological polar surface area (TPSA) is 371 Å². The van der Waals surface area contributed by atoms with Gasteiger partial charge in [-0.05, 0) is 127 Å². The van der Waals surface area contributed by atoms with Crippen LogP contribution in [-0.4, -0.2) is 295 Å². The van der Waals surface area contributed by atoms with Gasteiger partial charge in [-0.25, -0.2) is 19.2 Å². The SMILES string of the molecule is C.C.C=C(N(C)C)N(C)C.C=CCN1[C@@H]2c3c(cc(C)c(OC)c3OCOCCOC)C[C@H]1[C@H](C#N)N1C2CC2(O)C(=O)C(C)=C3OCOC3=C2[C@@H]1COC(=O)[C@H](CSCC1c2ccccc2-c2ccccc21)NC(=O)OC(C)(C)C.C=CCN1[C@@H]2c3c(cc(C)c(OC)c3OCOCCOC)C[C@H]1[C@H](C#N)N1C2[C@@H]2SCC(NC(=O)OC(C)(C)C)C(=O)OC[C@H]1c1c3c(c(C)c(OC(C)=O)c12)OCO3. The highest BCUT2D eigenvalue weighted by molar-refractivity contribution is 7.99. The van der Waals surface area contributed by atoms with Crippen molar-refractivity contribution in [1.82, 2.24) is 40.0 Å². The number of rotatable bonds is 30. The number of nitrogens with one attached hydrogen (secondary N) is 2. The molecule has 34 nitrogen and oxygen atoms in total. The number of ketones is 1. The van der Waals surface area contributed by atoms with Gasteiger partial charge in [0.15, 0.2) is 71.0 Å². The minimum Gasteiger partial charge on any atom is -0.493 e. The van der Waals surface area contributed by atoms with Gasteiger partial charge in [-0.15, -0.1) is 24.9 Å². The molecule has 9 heterocycles. The number of piperazine rings is 2. The summed E-state index contributed by atoms with van der Waals surface area (Å²) in [5, 5.41) is 40.7. The van der Waals surface area contributed by atoms with E-state index in [0.717, 1.165) is 39.2 Å². The number of piperidine rings is 1. The van der Waals surface area contributed by atoms with E-state index in [0.29, 0.717) is 108 Å². The van der Waals surface area contributed by atoms with E-state index in [1.807, 2.05) is 100 Å². The van der Waals surface area contributed by atoms with Gasteiger partial charge in [0.05, 0.1) is 88.0 Å². The van der Waals surface area contributed by atoms with Crippen molar-refractivity contribution in [2.45, 2.75) is 211 Å². The number of nitrogens with zero attached hydrogens (tertiary/aromatic N) is 8. The monoisotopic (exact) mass is 1970 g/mol. The van der Waals surface area contributed by atoms with Crippen LogP contribution in [0.15, 0.2) is 121 Å². The van der Waals surface area contributed by atoms with E-state index < -0.39 is 131 Å². The van der Waals surface area contributed by atoms with Gasteiger partial charge < -0.3 is 106 Å². The lowest BCUT2D eigenvalue weighted by molar-refractivity contribution is -0.160. The summed E-state index contributed by atoms with van der Waals surface area (Å²) in [6.45, 7) is 32.0. The Bertz CT molecular complexity index is 5590. The third kappa shape index (κ3) is 21.3. The van der Waals surface area contributed by atoms with Crippen LogP contribution in [0.25, 0.3) is 11.1 Å². The van der Waals surface area contributed by atoms with Crippen LogP contribution in [0.1, 0.15) is 167 Å². The summed E-state index contributed by atoms with van der Waals surface area (Å²) in [5.74, 6) is 2.75. The first-order chi connectivity index (χ1) is 65.9. The number of carbonyl (C=O) groups excluding carboxylic acids is 6. The first kappa shape index (κ1) is 108. The molecule has 5 aromatic carbocycles. The average molecular weight is 1970 g/mol. The zero-order chi connectivity index (χ0) is 99.4. The van der Waals surface area contributed by atoms with Crippen molar-refractivity contribution in [2.24, 2.45) is 0 Å². The molecule has 11 aliphatic rings. The van der Waals surface area contributed by atoms with Crippen molar-refractivity contribution in [2.75, 3.05) is 154 Å². The number of esters is 3. The fourth-order valence-electron chi connectivity index (χ4n) is 21.2. The van der Waals surface area contributed by atoms with E-state index in [4.69, 9.17) is 80.5 Å². The predicted molar refractivity (Wildman–Crippen MR) is 527 cm³/mol. The fourth-order valence-corrected chi connectivity index (χ4v) is 23.9. The summed E-state index contributed by atoms with van der Waals surface area (Å²) in [4.78, 5) is 95.6. The number of ether oxygens (including phenoxy) is 17. The van der Waals surface area contributed by atoms with Gasteiger partial charge in [0.1, 0.15) is 54.3 Å². The highest BCUT2D eigenvalue weighted by atomic mass is 32.2. The molecule has 0 aromatic heterocycles. The molecule has 36 heteroatoms. The second-order valence-corrected chi connectivity index (χ2v) is 40.2. The number of carbonyl (C=O) groups is 6. The number of nitriles is 2. The molecule has 0 radical (unpaired) electrons. The van der Waals surface area contributed by atoms with Crippen molar-refractivity contribution >= 4 is 59.4 Å². The number of methoxy groups -OCH3 is 4. The maximum atomic E-state index is 14.8. The Kier molecular flexibility index (Phi) is 34.8. The fraction of sp³-hybridized carbons (Fsp3) is 0.538. The molecule has 0 spiro atoms. The number of fused-ring (bicyclic) bond motifs is 20. The summed E-state index contributed by atoms with van der Waals surface area (Å²) < 4.78 is 101. The van der Waals surface area contributed by atoms with E-state index in [1.165, 1.54) is 52.7 Å². The van der Waals surface area contributed by atoms with Crippen LogP contribution >= 0.6 is 23.5 Å². The minimum absolute atomic E-state index is 0. The Labute approximate surface area is 830 Å². The molecule has 4 unspecified atom stereocenters. The van der Waals surface area contributed by atoms with Gasteiger partial charge in [-0.2, -0.15) is 22.3 Å². The quantitative estimate of drug-likeness (QED) is 0.00960. The Morgan fingerprint density at radius 2 is 1.21 bits per heavy atom. The van der Waals surface area contributed by atoms with E-state index in [9.17, 15) is 44.4 Å². The van der Waals surface area contributed by atoms with Gasteiger partial charge in [-0.1, -0.05) is 94.2 Å². The van der Waals surface area contributed by atoms with Crippen LogP contribution in [-0.2, 0) is 79.4 Å². The van der Waals surface area contributed by atoms with Crippen LogP contribution in [0.5, 0.6) is 40.2 Å². The summed E-state index contributed by atoms with van der Waals surface area (Å²) in [5.41, 5.74) is 8.19. The molecule has 0 saturated carbocycles. The summed E-state index contributed by atoms with van der Waals surface area (Å²) in [7, 11) is 14.2. The number of amides is 2. The number of hydrogen-bond acceptors (Lipinski definition) is 34. The maximum Gasteiger partial charge on any atom is 0.408 e. The third-order valence-corrected chi connectivity index (χ3v) is 29.1. The number of thioether (sulfide) groups is 2. The molecule has 5 saturated heterocycles. The van der Waals surface area contributed by atoms with Crippen LogP contribution in [0.2, 0.25) is 0 Å². The molecule has 140 heavy (non-hydrogen) atoms. The second kappa shape index (κ2) is 45.3. The number of Topliss-reactive ketones (excluding diaryl/α,β-unsaturated/α-hetero) is 1. The molecule has 5 aromatic rings. The van der Waals surface area contributed by atoms with E-state index in [-0.39, 0.29) is 108 Å². The maximum absolute atomic E-state index is 14.8. The van der Waals surface area contributed by atoms with E-state index in [2.05, 4.69) is 87.5 Å². The molecule has 14 atom stereocenters. The van der Waals surface area contributed by atoms with Gasteiger partial charge in [-0.3, -0.25) is 29.2 Å². The van der Waals surface area contributed by atoms with Crippen LogP contribution in [0, 0.1) is 43.4 Å². The van der Waals surface area contributed by atoms with Gasteiger partial charge in [0.2, 0.25) is 13.6 Å². The molecule has 2 amide bonds. The smallest absolute Gasteiger partial charge is 0.408 e. The molecular formula is C104H136N10O24S2. The van der Waals surface area contributed by atoms with Gasteiger partial charge >= 0.3 is 30.1 Å². The average Bonchev–Trinajstić information content (AvgIpc) is 1.67. The van der Waals surface area contributed by atoms with Crippen molar-refractivity contribution in [1.29, 1.82) is 10.5 Å². The zero-order valence-corrected chi connectivity index (χ0v) is 83.7. The van der Waals surface area contributed by atoms with Crippen molar-refractivity contribution in [3.8, 4) is 63.5 Å². The molecule has 5 fully saturated rings. The minimum atomic E-state index is -2.18. The molecular weight excluding hydrogens is 1840 g/mol. The van der Waals surface area contributed by atoms with Crippen molar-refractivity contribution in [3.05, 3.63) is 182 Å². The molecule has 6 bridgehead atoms. The number of cyclic esters (lactones) is 1. The summed E-state index contributed by atoms with van der Waals surface area (Å²) in [6.07, 6.45) is 2.75. The number of aryl methyl sites for hydroxylation is 2. The molecule has 3 N–H and O–H groups in total. The Balaban J connectivity index is 0.000000232. The largest absolute Gasteiger partial charge is 0.493 e.